The fourth-order valence-electron chi connectivity index (χ4n) is 3.05. The van der Waals surface area contributed by atoms with Crippen molar-refractivity contribution >= 4 is 22.5 Å². The Morgan fingerprint density at radius 1 is 1.10 bits per heavy atom. The molecule has 2 heteroatoms. The largest absolute Gasteiger partial charge is 0.388 e. The third kappa shape index (κ3) is 2.36. The van der Waals surface area contributed by atoms with Crippen molar-refractivity contribution < 1.29 is 5.11 Å². The summed E-state index contributed by atoms with van der Waals surface area (Å²) in [6.45, 7) is 4.41. The van der Waals surface area contributed by atoms with E-state index >= 15 is 0 Å². The number of thioether (sulfide) groups is 1. The number of rotatable bonds is 2. The molecule has 0 radical (unpaired) electrons. The van der Waals surface area contributed by atoms with Crippen molar-refractivity contribution in [3.8, 4) is 0 Å². The van der Waals surface area contributed by atoms with Crippen LogP contribution in [0.25, 0.3) is 10.8 Å². The Hall–Kier alpha value is -0.990. The standard InChI is InChI=1S/C18H22OS/c1-17(2)10-11-20-13-18(17,19)12-15-8-5-7-14-6-3-4-9-16(14)15/h3-9,19H,10-13H2,1-2H3. The third-order valence-electron chi connectivity index (χ3n) is 4.83. The van der Waals surface area contributed by atoms with Crippen LogP contribution >= 0.6 is 11.8 Å². The monoisotopic (exact) mass is 286 g/mol. The van der Waals surface area contributed by atoms with Gasteiger partial charge in [0.25, 0.3) is 0 Å². The van der Waals surface area contributed by atoms with Gasteiger partial charge >= 0.3 is 0 Å². The molecule has 0 saturated carbocycles. The van der Waals surface area contributed by atoms with Crippen LogP contribution in [0.1, 0.15) is 25.8 Å². The Morgan fingerprint density at radius 3 is 2.65 bits per heavy atom. The SMILES string of the molecule is CC1(C)CCSCC1(O)Cc1cccc2ccccc12. The fourth-order valence-corrected chi connectivity index (χ4v) is 4.68. The first-order valence-corrected chi connectivity index (χ1v) is 8.44. The maximum atomic E-state index is 11.2. The molecule has 1 heterocycles. The Labute approximate surface area is 125 Å². The van der Waals surface area contributed by atoms with Gasteiger partial charge in [0, 0.05) is 12.2 Å². The van der Waals surface area contributed by atoms with Gasteiger partial charge in [0.2, 0.25) is 0 Å². The van der Waals surface area contributed by atoms with Crippen LogP contribution in [0.4, 0.5) is 0 Å². The van der Waals surface area contributed by atoms with Crippen LogP contribution in [0.15, 0.2) is 42.5 Å². The summed E-state index contributed by atoms with van der Waals surface area (Å²) in [5.41, 5.74) is 0.635. The molecule has 0 bridgehead atoms. The minimum Gasteiger partial charge on any atom is -0.388 e. The van der Waals surface area contributed by atoms with Gasteiger partial charge in [-0.2, -0.15) is 11.8 Å². The van der Waals surface area contributed by atoms with E-state index in [9.17, 15) is 5.11 Å². The van der Waals surface area contributed by atoms with Gasteiger partial charge in [-0.3, -0.25) is 0 Å². The van der Waals surface area contributed by atoms with E-state index < -0.39 is 5.60 Å². The Balaban J connectivity index is 2.00. The lowest BCUT2D eigenvalue weighted by molar-refractivity contribution is -0.0510. The molecule has 2 aromatic rings. The molecule has 1 nitrogen and oxygen atoms in total. The van der Waals surface area contributed by atoms with Gasteiger partial charge in [-0.05, 0) is 33.9 Å². The molecule has 1 fully saturated rings. The molecule has 0 aromatic heterocycles. The van der Waals surface area contributed by atoms with E-state index in [4.69, 9.17) is 0 Å². The van der Waals surface area contributed by atoms with Crippen molar-refractivity contribution in [2.75, 3.05) is 11.5 Å². The van der Waals surface area contributed by atoms with Crippen molar-refractivity contribution in [1.29, 1.82) is 0 Å². The van der Waals surface area contributed by atoms with Crippen LogP contribution in [0.5, 0.6) is 0 Å². The molecule has 0 aliphatic carbocycles. The topological polar surface area (TPSA) is 20.2 Å². The first-order chi connectivity index (χ1) is 9.52. The molecule has 2 aromatic carbocycles. The number of fused-ring (bicyclic) bond motifs is 1. The van der Waals surface area contributed by atoms with Gasteiger partial charge in [0.1, 0.15) is 0 Å². The van der Waals surface area contributed by atoms with Crippen LogP contribution in [-0.2, 0) is 6.42 Å². The molecule has 0 amide bonds. The molecule has 1 aliphatic rings. The van der Waals surface area contributed by atoms with E-state index in [0.717, 1.165) is 24.3 Å². The summed E-state index contributed by atoms with van der Waals surface area (Å²) >= 11 is 1.88. The third-order valence-corrected chi connectivity index (χ3v) is 6.01. The highest BCUT2D eigenvalue weighted by molar-refractivity contribution is 7.99. The van der Waals surface area contributed by atoms with E-state index in [-0.39, 0.29) is 5.41 Å². The van der Waals surface area contributed by atoms with Gasteiger partial charge in [0.15, 0.2) is 0 Å². The number of aliphatic hydroxyl groups is 1. The quantitative estimate of drug-likeness (QED) is 0.889. The van der Waals surface area contributed by atoms with Gasteiger partial charge in [-0.1, -0.05) is 56.3 Å². The second kappa shape index (κ2) is 5.09. The lowest BCUT2D eigenvalue weighted by atomic mass is 9.70. The summed E-state index contributed by atoms with van der Waals surface area (Å²) in [6.07, 6.45) is 1.83. The van der Waals surface area contributed by atoms with E-state index in [2.05, 4.69) is 56.3 Å². The summed E-state index contributed by atoms with van der Waals surface area (Å²) in [5, 5.41) is 13.7. The Morgan fingerprint density at radius 2 is 1.85 bits per heavy atom. The van der Waals surface area contributed by atoms with Gasteiger partial charge < -0.3 is 5.11 Å². The normalized spacial score (nSPS) is 25.8. The van der Waals surface area contributed by atoms with Crippen LogP contribution in [0.2, 0.25) is 0 Å². The van der Waals surface area contributed by atoms with Gasteiger partial charge in [0.05, 0.1) is 5.60 Å². The zero-order valence-electron chi connectivity index (χ0n) is 12.2. The summed E-state index contributed by atoms with van der Waals surface area (Å²) in [5.74, 6) is 1.99. The first-order valence-electron chi connectivity index (χ1n) is 7.29. The van der Waals surface area contributed by atoms with Crippen LogP contribution in [0, 0.1) is 5.41 Å². The summed E-state index contributed by atoms with van der Waals surface area (Å²) in [4.78, 5) is 0. The highest BCUT2D eigenvalue weighted by Crippen LogP contribution is 2.44. The molecule has 20 heavy (non-hydrogen) atoms. The molecule has 1 atom stereocenters. The molecule has 1 saturated heterocycles. The lowest BCUT2D eigenvalue weighted by Crippen LogP contribution is -2.51. The smallest absolute Gasteiger partial charge is 0.0828 e. The highest BCUT2D eigenvalue weighted by Gasteiger charge is 2.45. The fraction of sp³-hybridized carbons (Fsp3) is 0.444. The second-order valence-electron chi connectivity index (χ2n) is 6.53. The molecule has 106 valence electrons. The Kier molecular flexibility index (Phi) is 3.55. The molecule has 0 spiro atoms. The average Bonchev–Trinajstić information content (AvgIpc) is 2.43. The van der Waals surface area contributed by atoms with Crippen molar-refractivity contribution in [2.45, 2.75) is 32.3 Å². The predicted octanol–water partition coefficient (Wildman–Crippen LogP) is 4.28. The van der Waals surface area contributed by atoms with Crippen molar-refractivity contribution in [1.82, 2.24) is 0 Å². The number of benzene rings is 2. The first kappa shape index (κ1) is 14.0. The summed E-state index contributed by atoms with van der Waals surface area (Å²) in [7, 11) is 0. The zero-order valence-corrected chi connectivity index (χ0v) is 13.0. The average molecular weight is 286 g/mol. The molecule has 3 rings (SSSR count). The van der Waals surface area contributed by atoms with Crippen molar-refractivity contribution in [3.05, 3.63) is 48.0 Å². The van der Waals surface area contributed by atoms with E-state index in [1.165, 1.54) is 16.3 Å². The maximum absolute atomic E-state index is 11.2. The van der Waals surface area contributed by atoms with Crippen LogP contribution in [-0.4, -0.2) is 22.2 Å². The number of hydrogen-bond acceptors (Lipinski definition) is 2. The molecular formula is C18H22OS. The minimum absolute atomic E-state index is 0.0187. The number of hydrogen-bond donors (Lipinski definition) is 1. The predicted molar refractivity (Wildman–Crippen MR) is 88.3 cm³/mol. The second-order valence-corrected chi connectivity index (χ2v) is 7.64. The van der Waals surface area contributed by atoms with Crippen LogP contribution in [0.3, 0.4) is 0 Å². The lowest BCUT2D eigenvalue weighted by Gasteiger charge is -2.46. The molecule has 1 N–H and O–H groups in total. The van der Waals surface area contributed by atoms with Crippen molar-refractivity contribution in [2.24, 2.45) is 5.41 Å². The molecule has 1 unspecified atom stereocenters. The molecular weight excluding hydrogens is 264 g/mol. The van der Waals surface area contributed by atoms with Gasteiger partial charge in [-0.25, -0.2) is 0 Å². The van der Waals surface area contributed by atoms with E-state index in [0.29, 0.717) is 0 Å². The Bertz CT molecular complexity index is 614. The summed E-state index contributed by atoms with van der Waals surface area (Å²) < 4.78 is 0. The summed E-state index contributed by atoms with van der Waals surface area (Å²) in [6, 6.07) is 14.9. The van der Waals surface area contributed by atoms with Crippen molar-refractivity contribution in [3.63, 3.8) is 0 Å². The molecule has 1 aliphatic heterocycles. The zero-order chi connectivity index (χ0) is 14.2. The highest BCUT2D eigenvalue weighted by atomic mass is 32.2. The van der Waals surface area contributed by atoms with Gasteiger partial charge in [-0.15, -0.1) is 0 Å². The van der Waals surface area contributed by atoms with E-state index in [1.54, 1.807) is 0 Å². The van der Waals surface area contributed by atoms with Crippen LogP contribution < -0.4 is 0 Å². The van der Waals surface area contributed by atoms with E-state index in [1.807, 2.05) is 11.8 Å². The maximum Gasteiger partial charge on any atom is 0.0828 e. The minimum atomic E-state index is -0.611.